The molecule has 0 saturated heterocycles. The summed E-state index contributed by atoms with van der Waals surface area (Å²) >= 11 is 11.7. The van der Waals surface area contributed by atoms with Crippen LogP contribution in [0.15, 0.2) is 27.8 Å². The fourth-order valence-corrected chi connectivity index (χ4v) is 2.23. The van der Waals surface area contributed by atoms with Crippen LogP contribution in [0.5, 0.6) is 5.88 Å². The molecule has 0 aliphatic heterocycles. The third-order valence-electron chi connectivity index (χ3n) is 2.58. The number of hydrogen-bond donors (Lipinski definition) is 4. The van der Waals surface area contributed by atoms with Crippen LogP contribution in [0.2, 0.25) is 10.0 Å². The van der Waals surface area contributed by atoms with Crippen LogP contribution >= 0.6 is 23.2 Å². The Hall–Kier alpha value is -1.96. The van der Waals surface area contributed by atoms with Gasteiger partial charge in [0.2, 0.25) is 5.69 Å². The Morgan fingerprint density at radius 3 is 2.76 bits per heavy atom. The SMILES string of the molecule is NS(=O)(=O)NCCOc1nonc1C(=Nc1ccc(Cl)c(Cl)c1)NO. The number of ether oxygens (including phenoxy) is 1. The average Bonchev–Trinajstić information content (AvgIpc) is 3.00. The molecule has 0 atom stereocenters. The predicted molar refractivity (Wildman–Crippen MR) is 88.5 cm³/mol. The number of nitrogens with two attached hydrogens (primary N) is 1. The molecule has 0 unspecified atom stereocenters. The van der Waals surface area contributed by atoms with E-state index in [-0.39, 0.29) is 35.6 Å². The standard InChI is InChI=1S/C11H12Cl2N6O5S/c12-7-2-1-6(5-8(7)13)16-10(17-20)9-11(19-24-18-9)23-4-3-15-25(14,21)22/h1-2,5,15,20H,3-4H2,(H,16,17)(H2,14,21,22). The molecule has 0 amide bonds. The second-order valence-corrected chi connectivity index (χ2v) is 6.57. The van der Waals surface area contributed by atoms with Gasteiger partial charge in [-0.3, -0.25) is 10.7 Å². The van der Waals surface area contributed by atoms with E-state index in [1.807, 2.05) is 10.2 Å². The third kappa shape index (κ3) is 5.81. The van der Waals surface area contributed by atoms with Gasteiger partial charge in [0.25, 0.3) is 16.1 Å². The van der Waals surface area contributed by atoms with Crippen LogP contribution in [0.25, 0.3) is 0 Å². The van der Waals surface area contributed by atoms with Crippen LogP contribution in [0.4, 0.5) is 5.69 Å². The highest BCUT2D eigenvalue weighted by Crippen LogP contribution is 2.27. The van der Waals surface area contributed by atoms with Crippen molar-refractivity contribution in [3.8, 4) is 5.88 Å². The fourth-order valence-electron chi connectivity index (χ4n) is 1.57. The van der Waals surface area contributed by atoms with E-state index in [9.17, 15) is 13.6 Å². The monoisotopic (exact) mass is 410 g/mol. The number of hydroxylamine groups is 1. The van der Waals surface area contributed by atoms with Crippen molar-refractivity contribution in [2.24, 2.45) is 10.1 Å². The maximum atomic E-state index is 10.8. The van der Waals surface area contributed by atoms with Gasteiger partial charge in [0.15, 0.2) is 5.84 Å². The van der Waals surface area contributed by atoms with Crippen molar-refractivity contribution in [1.82, 2.24) is 20.5 Å². The molecule has 0 saturated carbocycles. The lowest BCUT2D eigenvalue weighted by Gasteiger charge is -2.06. The van der Waals surface area contributed by atoms with Gasteiger partial charge in [-0.25, -0.2) is 14.8 Å². The quantitative estimate of drug-likeness (QED) is 0.223. The Kier molecular flexibility index (Phi) is 6.52. The van der Waals surface area contributed by atoms with Crippen molar-refractivity contribution in [3.05, 3.63) is 33.9 Å². The van der Waals surface area contributed by atoms with Gasteiger partial charge in [-0.2, -0.15) is 13.1 Å². The number of nitrogens with zero attached hydrogens (tertiary/aromatic N) is 3. The lowest BCUT2D eigenvalue weighted by Crippen LogP contribution is -2.34. The molecule has 11 nitrogen and oxygen atoms in total. The molecule has 0 aliphatic rings. The molecule has 1 heterocycles. The highest BCUT2D eigenvalue weighted by molar-refractivity contribution is 7.87. The fraction of sp³-hybridized carbons (Fsp3) is 0.182. The highest BCUT2D eigenvalue weighted by Gasteiger charge is 2.18. The van der Waals surface area contributed by atoms with E-state index in [1.54, 1.807) is 6.07 Å². The van der Waals surface area contributed by atoms with Crippen LogP contribution in [0.1, 0.15) is 5.69 Å². The van der Waals surface area contributed by atoms with Crippen LogP contribution < -0.4 is 20.1 Å². The Bertz CT molecular complexity index is 872. The summed E-state index contributed by atoms with van der Waals surface area (Å²) in [7, 11) is -3.83. The molecular formula is C11H12Cl2N6O5S. The molecule has 2 aromatic rings. The van der Waals surface area contributed by atoms with Crippen LogP contribution in [0, 0.1) is 0 Å². The van der Waals surface area contributed by atoms with Crippen molar-refractivity contribution < 1.29 is 23.0 Å². The Morgan fingerprint density at radius 1 is 1.36 bits per heavy atom. The van der Waals surface area contributed by atoms with Crippen LogP contribution in [0.3, 0.4) is 0 Å². The second kappa shape index (κ2) is 8.42. The summed E-state index contributed by atoms with van der Waals surface area (Å²) in [6, 6.07) is 4.54. The number of hydrogen-bond acceptors (Lipinski definition) is 8. The largest absolute Gasteiger partial charge is 0.472 e. The number of halogens is 2. The van der Waals surface area contributed by atoms with Crippen molar-refractivity contribution in [2.45, 2.75) is 0 Å². The minimum atomic E-state index is -3.83. The summed E-state index contributed by atoms with van der Waals surface area (Å²) < 4.78 is 33.3. The van der Waals surface area contributed by atoms with E-state index < -0.39 is 10.2 Å². The third-order valence-corrected chi connectivity index (χ3v) is 3.92. The molecule has 1 aromatic carbocycles. The Labute approximate surface area is 151 Å². The number of rotatable bonds is 7. The van der Waals surface area contributed by atoms with Gasteiger partial charge in [-0.1, -0.05) is 23.2 Å². The number of amidine groups is 1. The molecule has 136 valence electrons. The molecule has 0 radical (unpaired) electrons. The Morgan fingerprint density at radius 2 is 2.12 bits per heavy atom. The zero-order valence-electron chi connectivity index (χ0n) is 12.3. The minimum Gasteiger partial charge on any atom is -0.472 e. The van der Waals surface area contributed by atoms with Gasteiger partial charge in [0, 0.05) is 6.54 Å². The van der Waals surface area contributed by atoms with Crippen molar-refractivity contribution >= 4 is 44.9 Å². The zero-order chi connectivity index (χ0) is 18.4. The predicted octanol–water partition coefficient (Wildman–Crippen LogP) is 0.605. The molecule has 0 spiro atoms. The average molecular weight is 411 g/mol. The smallest absolute Gasteiger partial charge is 0.287 e. The first-order valence-corrected chi connectivity index (χ1v) is 8.77. The molecule has 1 aromatic heterocycles. The minimum absolute atomic E-state index is 0.0517. The first kappa shape index (κ1) is 19.4. The van der Waals surface area contributed by atoms with E-state index in [2.05, 4.69) is 19.9 Å². The van der Waals surface area contributed by atoms with Crippen molar-refractivity contribution in [1.29, 1.82) is 0 Å². The zero-order valence-corrected chi connectivity index (χ0v) is 14.6. The van der Waals surface area contributed by atoms with E-state index in [0.29, 0.717) is 10.7 Å². The number of nitrogens with one attached hydrogen (secondary N) is 2. The lowest BCUT2D eigenvalue weighted by atomic mass is 10.3. The second-order valence-electron chi connectivity index (χ2n) is 4.38. The number of benzene rings is 1. The van der Waals surface area contributed by atoms with Gasteiger partial charge in [0.05, 0.1) is 15.7 Å². The van der Waals surface area contributed by atoms with Crippen molar-refractivity contribution in [2.75, 3.05) is 13.2 Å². The molecule has 25 heavy (non-hydrogen) atoms. The van der Waals surface area contributed by atoms with Gasteiger partial charge in [0.1, 0.15) is 6.61 Å². The van der Waals surface area contributed by atoms with E-state index in [1.165, 1.54) is 12.1 Å². The maximum absolute atomic E-state index is 10.8. The molecule has 0 fully saturated rings. The topological polar surface area (TPSA) is 165 Å². The van der Waals surface area contributed by atoms with Gasteiger partial charge in [-0.15, -0.1) is 0 Å². The van der Waals surface area contributed by atoms with E-state index in [0.717, 1.165) is 0 Å². The molecule has 14 heteroatoms. The molecule has 5 N–H and O–H groups in total. The summed E-state index contributed by atoms with van der Waals surface area (Å²) in [6.07, 6.45) is 0. The summed E-state index contributed by atoms with van der Waals surface area (Å²) in [5.74, 6) is -0.273. The number of aromatic nitrogens is 2. The molecule has 0 bridgehead atoms. The van der Waals surface area contributed by atoms with E-state index >= 15 is 0 Å². The van der Waals surface area contributed by atoms with Gasteiger partial charge < -0.3 is 4.74 Å². The van der Waals surface area contributed by atoms with Crippen molar-refractivity contribution in [3.63, 3.8) is 0 Å². The van der Waals surface area contributed by atoms with Gasteiger partial charge in [-0.05, 0) is 28.5 Å². The highest BCUT2D eigenvalue weighted by atomic mass is 35.5. The molecular weight excluding hydrogens is 399 g/mol. The summed E-state index contributed by atoms with van der Waals surface area (Å²) in [4.78, 5) is 4.09. The molecule has 2 rings (SSSR count). The normalized spacial score (nSPS) is 12.2. The molecule has 0 aliphatic carbocycles. The van der Waals surface area contributed by atoms with Crippen LogP contribution in [-0.4, -0.2) is 42.9 Å². The first-order valence-electron chi connectivity index (χ1n) is 6.47. The summed E-state index contributed by atoms with van der Waals surface area (Å²) in [5.41, 5.74) is 2.15. The summed E-state index contributed by atoms with van der Waals surface area (Å²) in [6.45, 7) is -0.236. The van der Waals surface area contributed by atoms with Gasteiger partial charge >= 0.3 is 0 Å². The first-order chi connectivity index (χ1) is 11.8. The van der Waals surface area contributed by atoms with E-state index in [4.69, 9.17) is 33.1 Å². The lowest BCUT2D eigenvalue weighted by molar-refractivity contribution is 0.233. The maximum Gasteiger partial charge on any atom is 0.287 e. The Balaban J connectivity index is 2.14. The summed E-state index contributed by atoms with van der Waals surface area (Å²) in [5, 5.41) is 21.7. The number of aliphatic imine (C=N–C) groups is 1. The van der Waals surface area contributed by atoms with Crippen LogP contribution in [-0.2, 0) is 10.2 Å².